The largest absolute Gasteiger partial charge is 0.466 e. The molecule has 0 heterocycles. The summed E-state index contributed by atoms with van der Waals surface area (Å²) in [5.74, 6) is -0.324. The van der Waals surface area contributed by atoms with Crippen LogP contribution in [0.3, 0.4) is 0 Å². The summed E-state index contributed by atoms with van der Waals surface area (Å²) >= 11 is 0. The molecule has 0 aliphatic heterocycles. The zero-order valence-corrected chi connectivity index (χ0v) is 9.21. The lowest BCUT2D eigenvalue weighted by Crippen LogP contribution is -2.12. The number of benzene rings is 1. The molecular weight excluding hydrogens is 200 g/mol. The van der Waals surface area contributed by atoms with E-state index in [1.807, 2.05) is 44.2 Å². The second-order valence-electron chi connectivity index (χ2n) is 2.88. The van der Waals surface area contributed by atoms with Crippen LogP contribution in [0.2, 0.25) is 0 Å². The Balaban J connectivity index is 0.00000169. The fourth-order valence-corrected chi connectivity index (χ4v) is 1.15. The fourth-order valence-electron chi connectivity index (χ4n) is 1.15. The van der Waals surface area contributed by atoms with Crippen molar-refractivity contribution in [3.63, 3.8) is 0 Å². The minimum atomic E-state index is -0.166. The molecule has 1 rings (SSSR count). The number of hydrogen-bond donors (Lipinski definition) is 0. The van der Waals surface area contributed by atoms with Gasteiger partial charge in [-0.1, -0.05) is 30.3 Å². The van der Waals surface area contributed by atoms with E-state index in [0.717, 1.165) is 5.56 Å². The van der Waals surface area contributed by atoms with E-state index in [4.69, 9.17) is 4.74 Å². The van der Waals surface area contributed by atoms with Crippen molar-refractivity contribution in [1.29, 1.82) is 0 Å². The van der Waals surface area contributed by atoms with Gasteiger partial charge in [0.25, 0.3) is 0 Å². The molecule has 0 N–H and O–H groups in total. The molecule has 1 atom stereocenters. The van der Waals surface area contributed by atoms with Crippen LogP contribution in [0.4, 0.5) is 0 Å². The minimum Gasteiger partial charge on any atom is -0.466 e. The quantitative estimate of drug-likeness (QED) is 0.724. The van der Waals surface area contributed by atoms with Crippen molar-refractivity contribution in [2.75, 3.05) is 6.61 Å². The molecule has 1 unspecified atom stereocenters. The average molecular weight is 215 g/mol. The first-order chi connectivity index (χ1) is 6.25. The Bertz CT molecular complexity index is 272. The maximum absolute atomic E-state index is 11.3. The van der Waals surface area contributed by atoms with Gasteiger partial charge in [-0.25, -0.2) is 0 Å². The van der Waals surface area contributed by atoms with Gasteiger partial charge in [0.1, 0.15) is 0 Å². The highest BCUT2D eigenvalue weighted by Gasteiger charge is 2.14. The number of carbonyl (C=O) groups is 1. The zero-order chi connectivity index (χ0) is 9.68. The van der Waals surface area contributed by atoms with Crippen LogP contribution in [0.25, 0.3) is 0 Å². The third kappa shape index (κ3) is 3.38. The van der Waals surface area contributed by atoms with E-state index < -0.39 is 0 Å². The Morgan fingerprint density at radius 2 is 1.93 bits per heavy atom. The van der Waals surface area contributed by atoms with Crippen LogP contribution in [-0.2, 0) is 9.53 Å². The number of carbonyl (C=O) groups excluding carboxylic acids is 1. The average Bonchev–Trinajstić information content (AvgIpc) is 2.18. The van der Waals surface area contributed by atoms with E-state index in [-0.39, 0.29) is 24.3 Å². The minimum absolute atomic E-state index is 0. The first kappa shape index (κ1) is 13.0. The maximum Gasteiger partial charge on any atom is 0.313 e. The first-order valence-corrected chi connectivity index (χ1v) is 4.47. The molecule has 0 spiro atoms. The number of ether oxygens (including phenoxy) is 1. The van der Waals surface area contributed by atoms with Gasteiger partial charge in [0.05, 0.1) is 12.5 Å². The number of halogens is 1. The SMILES string of the molecule is CCOC(=O)C(C)c1ccccc1.Cl. The van der Waals surface area contributed by atoms with Crippen molar-refractivity contribution in [2.24, 2.45) is 0 Å². The fraction of sp³-hybridized carbons (Fsp3) is 0.364. The summed E-state index contributed by atoms with van der Waals surface area (Å²) in [5.41, 5.74) is 1.00. The van der Waals surface area contributed by atoms with Crippen LogP contribution in [0.1, 0.15) is 25.3 Å². The van der Waals surface area contributed by atoms with Crippen molar-refractivity contribution in [2.45, 2.75) is 19.8 Å². The monoisotopic (exact) mass is 214 g/mol. The van der Waals surface area contributed by atoms with Crippen LogP contribution < -0.4 is 0 Å². The topological polar surface area (TPSA) is 26.3 Å². The molecule has 78 valence electrons. The third-order valence-electron chi connectivity index (χ3n) is 1.94. The molecule has 0 saturated carbocycles. The number of rotatable bonds is 3. The summed E-state index contributed by atoms with van der Waals surface area (Å²) in [4.78, 5) is 11.3. The van der Waals surface area contributed by atoms with E-state index in [1.54, 1.807) is 0 Å². The summed E-state index contributed by atoms with van der Waals surface area (Å²) in [5, 5.41) is 0. The summed E-state index contributed by atoms with van der Waals surface area (Å²) in [7, 11) is 0. The molecule has 14 heavy (non-hydrogen) atoms. The summed E-state index contributed by atoms with van der Waals surface area (Å²) < 4.78 is 4.92. The summed E-state index contributed by atoms with van der Waals surface area (Å²) in [6, 6.07) is 9.64. The standard InChI is InChI=1S/C11H14O2.ClH/c1-3-13-11(12)9(2)10-7-5-4-6-8-10;/h4-9H,3H2,1-2H3;1H. The lowest BCUT2D eigenvalue weighted by Gasteiger charge is -2.09. The van der Waals surface area contributed by atoms with Crippen LogP contribution in [0.15, 0.2) is 30.3 Å². The molecular formula is C11H15ClO2. The van der Waals surface area contributed by atoms with Gasteiger partial charge in [0.15, 0.2) is 0 Å². The molecule has 0 radical (unpaired) electrons. The Kier molecular flexibility index (Phi) is 5.97. The molecule has 0 bridgehead atoms. The zero-order valence-electron chi connectivity index (χ0n) is 8.40. The van der Waals surface area contributed by atoms with Crippen LogP contribution in [0.5, 0.6) is 0 Å². The highest BCUT2D eigenvalue weighted by molar-refractivity contribution is 5.85. The van der Waals surface area contributed by atoms with Gasteiger partial charge >= 0.3 is 5.97 Å². The van der Waals surface area contributed by atoms with Gasteiger partial charge < -0.3 is 4.74 Å². The van der Waals surface area contributed by atoms with E-state index in [9.17, 15) is 4.79 Å². The number of esters is 1. The Labute approximate surface area is 90.7 Å². The van der Waals surface area contributed by atoms with Crippen molar-refractivity contribution >= 4 is 18.4 Å². The normalized spacial score (nSPS) is 11.3. The highest BCUT2D eigenvalue weighted by atomic mass is 35.5. The molecule has 0 fully saturated rings. The van der Waals surface area contributed by atoms with Gasteiger partial charge in [-0.05, 0) is 19.4 Å². The predicted molar refractivity (Wildman–Crippen MR) is 58.7 cm³/mol. The van der Waals surface area contributed by atoms with E-state index in [2.05, 4.69) is 0 Å². The first-order valence-electron chi connectivity index (χ1n) is 4.47. The van der Waals surface area contributed by atoms with Gasteiger partial charge in [0, 0.05) is 0 Å². The Hall–Kier alpha value is -1.02. The highest BCUT2D eigenvalue weighted by Crippen LogP contribution is 2.15. The second-order valence-corrected chi connectivity index (χ2v) is 2.88. The summed E-state index contributed by atoms with van der Waals surface area (Å²) in [6.45, 7) is 4.11. The molecule has 0 aromatic heterocycles. The van der Waals surface area contributed by atoms with Gasteiger partial charge in [0.2, 0.25) is 0 Å². The van der Waals surface area contributed by atoms with E-state index in [1.165, 1.54) is 0 Å². The molecule has 0 aliphatic rings. The molecule has 0 aliphatic carbocycles. The van der Waals surface area contributed by atoms with Crippen LogP contribution in [0, 0.1) is 0 Å². The molecule has 0 saturated heterocycles. The van der Waals surface area contributed by atoms with Crippen molar-refractivity contribution in [3.05, 3.63) is 35.9 Å². The van der Waals surface area contributed by atoms with E-state index in [0.29, 0.717) is 6.61 Å². The maximum atomic E-state index is 11.3. The molecule has 3 heteroatoms. The van der Waals surface area contributed by atoms with Gasteiger partial charge in [-0.2, -0.15) is 0 Å². The van der Waals surface area contributed by atoms with Crippen LogP contribution >= 0.6 is 12.4 Å². The van der Waals surface area contributed by atoms with Gasteiger partial charge in [-0.3, -0.25) is 4.79 Å². The molecule has 2 nitrogen and oxygen atoms in total. The number of hydrogen-bond acceptors (Lipinski definition) is 2. The smallest absolute Gasteiger partial charge is 0.313 e. The lowest BCUT2D eigenvalue weighted by atomic mass is 10.0. The Morgan fingerprint density at radius 1 is 1.36 bits per heavy atom. The molecule has 1 aromatic rings. The Morgan fingerprint density at radius 3 is 2.43 bits per heavy atom. The van der Waals surface area contributed by atoms with Crippen molar-refractivity contribution < 1.29 is 9.53 Å². The van der Waals surface area contributed by atoms with Crippen LogP contribution in [-0.4, -0.2) is 12.6 Å². The third-order valence-corrected chi connectivity index (χ3v) is 1.94. The lowest BCUT2D eigenvalue weighted by molar-refractivity contribution is -0.144. The molecule has 0 amide bonds. The van der Waals surface area contributed by atoms with Crippen molar-refractivity contribution in [3.8, 4) is 0 Å². The van der Waals surface area contributed by atoms with Crippen molar-refractivity contribution in [1.82, 2.24) is 0 Å². The van der Waals surface area contributed by atoms with E-state index >= 15 is 0 Å². The predicted octanol–water partition coefficient (Wildman–Crippen LogP) is 2.78. The molecule has 1 aromatic carbocycles. The second kappa shape index (κ2) is 6.44. The summed E-state index contributed by atoms with van der Waals surface area (Å²) in [6.07, 6.45) is 0. The van der Waals surface area contributed by atoms with Gasteiger partial charge in [-0.15, -0.1) is 12.4 Å².